The van der Waals surface area contributed by atoms with Crippen LogP contribution in [0.25, 0.3) is 0 Å². The lowest BCUT2D eigenvalue weighted by Gasteiger charge is -2.06. The van der Waals surface area contributed by atoms with Crippen LogP contribution in [0, 0.1) is 0 Å². The molecule has 1 aliphatic carbocycles. The molecular weight excluding hydrogens is 264 g/mol. The van der Waals surface area contributed by atoms with Crippen LogP contribution in [0.1, 0.15) is 24.1 Å². The molecule has 0 spiro atoms. The van der Waals surface area contributed by atoms with Crippen molar-refractivity contribution < 1.29 is 0 Å². The Bertz CT molecular complexity index is 538. The number of rotatable bonds is 7. The van der Waals surface area contributed by atoms with E-state index in [9.17, 15) is 0 Å². The molecule has 3 heteroatoms. The second kappa shape index (κ2) is 6.91. The molecule has 0 unspecified atom stereocenters. The lowest BCUT2D eigenvalue weighted by atomic mass is 10.2. The summed E-state index contributed by atoms with van der Waals surface area (Å²) in [6.07, 6.45) is 5.58. The lowest BCUT2D eigenvalue weighted by Crippen LogP contribution is -2.15. The Morgan fingerprint density at radius 3 is 2.90 bits per heavy atom. The number of benzene rings is 1. The van der Waals surface area contributed by atoms with E-state index in [1.165, 1.54) is 29.0 Å². The smallest absolute Gasteiger partial charge is 0.0411 e. The fraction of sp³-hybridized carbons (Fsp3) is 0.353. The third-order valence-electron chi connectivity index (χ3n) is 3.42. The molecule has 0 radical (unpaired) electrons. The highest BCUT2D eigenvalue weighted by Gasteiger charge is 2.19. The average molecular weight is 284 g/mol. The summed E-state index contributed by atoms with van der Waals surface area (Å²) >= 11 is 1.91. The molecule has 1 aromatic carbocycles. The first-order valence-electron chi connectivity index (χ1n) is 7.25. The molecular formula is C17H20N2S. The highest BCUT2D eigenvalue weighted by atomic mass is 32.2. The van der Waals surface area contributed by atoms with Crippen LogP contribution in [-0.2, 0) is 13.0 Å². The number of nitrogens with one attached hydrogen (secondary N) is 1. The minimum Gasteiger partial charge on any atom is -0.310 e. The second-order valence-corrected chi connectivity index (χ2v) is 6.39. The normalized spacial score (nSPS) is 14.4. The standard InChI is InChI=1S/C17H20N2S/c1-2-10-18-15(5-1)9-11-20-17-6-3-4-14(12-17)13-19-16-7-8-16/h1-6,10,12,16,19H,7-9,11,13H2. The van der Waals surface area contributed by atoms with E-state index >= 15 is 0 Å². The molecule has 20 heavy (non-hydrogen) atoms. The van der Waals surface area contributed by atoms with Crippen LogP contribution in [0.15, 0.2) is 53.6 Å². The van der Waals surface area contributed by atoms with Crippen LogP contribution in [0.5, 0.6) is 0 Å². The predicted octanol–water partition coefficient (Wildman–Crippen LogP) is 3.67. The van der Waals surface area contributed by atoms with Gasteiger partial charge in [-0.25, -0.2) is 0 Å². The second-order valence-electron chi connectivity index (χ2n) is 5.22. The molecule has 1 fully saturated rings. The molecule has 1 saturated carbocycles. The van der Waals surface area contributed by atoms with Crippen molar-refractivity contribution in [2.45, 2.75) is 36.7 Å². The number of nitrogens with zero attached hydrogens (tertiary/aromatic N) is 1. The zero-order chi connectivity index (χ0) is 13.6. The van der Waals surface area contributed by atoms with E-state index < -0.39 is 0 Å². The molecule has 1 aromatic heterocycles. The topological polar surface area (TPSA) is 24.9 Å². The molecule has 0 bridgehead atoms. The minimum absolute atomic E-state index is 0.774. The lowest BCUT2D eigenvalue weighted by molar-refractivity contribution is 0.687. The van der Waals surface area contributed by atoms with Crippen molar-refractivity contribution >= 4 is 11.8 Å². The summed E-state index contributed by atoms with van der Waals surface area (Å²) in [5.74, 6) is 1.08. The van der Waals surface area contributed by atoms with E-state index in [1.54, 1.807) is 0 Å². The van der Waals surface area contributed by atoms with Gasteiger partial charge in [-0.3, -0.25) is 4.98 Å². The van der Waals surface area contributed by atoms with Gasteiger partial charge in [-0.05, 0) is 49.1 Å². The van der Waals surface area contributed by atoms with Gasteiger partial charge in [-0.2, -0.15) is 0 Å². The van der Waals surface area contributed by atoms with Gasteiger partial charge in [0, 0.05) is 35.1 Å². The summed E-state index contributed by atoms with van der Waals surface area (Å²) in [5, 5.41) is 3.56. The first-order chi connectivity index (χ1) is 9.90. The van der Waals surface area contributed by atoms with Crippen LogP contribution in [0.3, 0.4) is 0 Å². The zero-order valence-electron chi connectivity index (χ0n) is 11.6. The van der Waals surface area contributed by atoms with E-state index in [4.69, 9.17) is 0 Å². The molecule has 1 aliphatic rings. The van der Waals surface area contributed by atoms with Crippen molar-refractivity contribution in [3.8, 4) is 0 Å². The SMILES string of the molecule is c1ccc(CCSc2cccc(CNC3CC3)c2)nc1. The van der Waals surface area contributed by atoms with E-state index in [1.807, 2.05) is 24.0 Å². The van der Waals surface area contributed by atoms with Crippen molar-refractivity contribution in [1.29, 1.82) is 0 Å². The summed E-state index contributed by atoms with van der Waals surface area (Å²) in [4.78, 5) is 5.72. The minimum atomic E-state index is 0.774. The molecule has 104 valence electrons. The summed E-state index contributed by atoms with van der Waals surface area (Å²) in [6.45, 7) is 0.999. The Morgan fingerprint density at radius 1 is 1.15 bits per heavy atom. The van der Waals surface area contributed by atoms with Crippen LogP contribution in [0.4, 0.5) is 0 Å². The van der Waals surface area contributed by atoms with Gasteiger partial charge in [0.15, 0.2) is 0 Å². The molecule has 2 aromatic rings. The van der Waals surface area contributed by atoms with Gasteiger partial charge in [0.05, 0.1) is 0 Å². The van der Waals surface area contributed by atoms with Crippen LogP contribution < -0.4 is 5.32 Å². The Hall–Kier alpha value is -1.32. The number of aromatic nitrogens is 1. The largest absolute Gasteiger partial charge is 0.310 e. The third kappa shape index (κ3) is 4.36. The molecule has 0 aliphatic heterocycles. The van der Waals surface area contributed by atoms with Crippen LogP contribution >= 0.6 is 11.8 Å². The monoisotopic (exact) mass is 284 g/mol. The Morgan fingerprint density at radius 2 is 2.10 bits per heavy atom. The van der Waals surface area contributed by atoms with E-state index in [0.717, 1.165) is 24.8 Å². The van der Waals surface area contributed by atoms with Crippen LogP contribution in [-0.4, -0.2) is 16.8 Å². The molecule has 0 saturated heterocycles. The van der Waals surface area contributed by atoms with Crippen LogP contribution in [0.2, 0.25) is 0 Å². The highest BCUT2D eigenvalue weighted by Crippen LogP contribution is 2.22. The average Bonchev–Trinajstić information content (AvgIpc) is 3.31. The van der Waals surface area contributed by atoms with Gasteiger partial charge in [-0.15, -0.1) is 11.8 Å². The summed E-state index contributed by atoms with van der Waals surface area (Å²) in [6, 6.07) is 15.8. The maximum absolute atomic E-state index is 4.36. The highest BCUT2D eigenvalue weighted by molar-refractivity contribution is 7.99. The summed E-state index contributed by atoms with van der Waals surface area (Å²) in [7, 11) is 0. The predicted molar refractivity (Wildman–Crippen MR) is 85.0 cm³/mol. The number of hydrogen-bond acceptors (Lipinski definition) is 3. The Balaban J connectivity index is 1.47. The van der Waals surface area contributed by atoms with Crippen molar-refractivity contribution in [2.24, 2.45) is 0 Å². The zero-order valence-corrected chi connectivity index (χ0v) is 12.4. The fourth-order valence-electron chi connectivity index (χ4n) is 2.11. The molecule has 0 atom stereocenters. The van der Waals surface area contributed by atoms with Gasteiger partial charge in [0.2, 0.25) is 0 Å². The summed E-state index contributed by atoms with van der Waals surface area (Å²) < 4.78 is 0. The number of thioether (sulfide) groups is 1. The maximum atomic E-state index is 4.36. The quantitative estimate of drug-likeness (QED) is 0.785. The van der Waals surface area contributed by atoms with Crippen molar-refractivity contribution in [3.63, 3.8) is 0 Å². The number of aryl methyl sites for hydroxylation is 1. The summed E-state index contributed by atoms with van der Waals surface area (Å²) in [5.41, 5.74) is 2.56. The molecule has 1 N–H and O–H groups in total. The van der Waals surface area contributed by atoms with Gasteiger partial charge in [-0.1, -0.05) is 18.2 Å². The maximum Gasteiger partial charge on any atom is 0.0411 e. The van der Waals surface area contributed by atoms with Gasteiger partial charge >= 0.3 is 0 Å². The van der Waals surface area contributed by atoms with E-state index in [2.05, 4.69) is 46.7 Å². The van der Waals surface area contributed by atoms with E-state index in [-0.39, 0.29) is 0 Å². The van der Waals surface area contributed by atoms with Gasteiger partial charge < -0.3 is 5.32 Å². The molecule has 3 rings (SSSR count). The van der Waals surface area contributed by atoms with Gasteiger partial charge in [0.1, 0.15) is 0 Å². The first kappa shape index (κ1) is 13.7. The van der Waals surface area contributed by atoms with Crippen molar-refractivity contribution in [3.05, 3.63) is 59.9 Å². The van der Waals surface area contributed by atoms with Gasteiger partial charge in [0.25, 0.3) is 0 Å². The first-order valence-corrected chi connectivity index (χ1v) is 8.24. The van der Waals surface area contributed by atoms with Crippen molar-refractivity contribution in [1.82, 2.24) is 10.3 Å². The number of hydrogen-bond donors (Lipinski definition) is 1. The Labute approximate surface area is 125 Å². The fourth-order valence-corrected chi connectivity index (χ4v) is 3.07. The molecule has 2 nitrogen and oxygen atoms in total. The molecule has 1 heterocycles. The van der Waals surface area contributed by atoms with E-state index in [0.29, 0.717) is 0 Å². The molecule has 0 amide bonds. The Kier molecular flexibility index (Phi) is 4.72. The van der Waals surface area contributed by atoms with Crippen molar-refractivity contribution in [2.75, 3.05) is 5.75 Å². The number of pyridine rings is 1. The third-order valence-corrected chi connectivity index (χ3v) is 4.42.